The highest BCUT2D eigenvalue weighted by atomic mass is 19.2. The van der Waals surface area contributed by atoms with Gasteiger partial charge in [-0.1, -0.05) is 6.07 Å². The first-order valence-corrected chi connectivity index (χ1v) is 10.4. The minimum absolute atomic E-state index is 0.136. The summed E-state index contributed by atoms with van der Waals surface area (Å²) >= 11 is 0. The maximum absolute atomic E-state index is 13.6. The maximum atomic E-state index is 13.6. The van der Waals surface area contributed by atoms with E-state index in [-0.39, 0.29) is 24.8 Å². The summed E-state index contributed by atoms with van der Waals surface area (Å²) in [4.78, 5) is 39.6. The fourth-order valence-corrected chi connectivity index (χ4v) is 3.61. The molecule has 0 bridgehead atoms. The van der Waals surface area contributed by atoms with Gasteiger partial charge in [-0.05, 0) is 29.8 Å². The van der Waals surface area contributed by atoms with Crippen LogP contribution in [0.25, 0.3) is 0 Å². The van der Waals surface area contributed by atoms with Gasteiger partial charge >= 0.3 is 0 Å². The third-order valence-corrected chi connectivity index (χ3v) is 5.00. The predicted octanol–water partition coefficient (Wildman–Crippen LogP) is 2.02. The van der Waals surface area contributed by atoms with Gasteiger partial charge in [-0.2, -0.15) is 0 Å². The molecule has 1 amide bonds. The van der Waals surface area contributed by atoms with Crippen molar-refractivity contribution in [2.45, 2.75) is 19.6 Å². The van der Waals surface area contributed by atoms with Crippen LogP contribution in [0.4, 0.5) is 8.78 Å². The number of fused-ring (bicyclic) bond motifs is 1. The van der Waals surface area contributed by atoms with Crippen molar-refractivity contribution in [3.8, 4) is 0 Å². The van der Waals surface area contributed by atoms with Gasteiger partial charge in [-0.15, -0.1) is 0 Å². The third-order valence-electron chi connectivity index (χ3n) is 5.00. The average molecular weight is 489 g/mol. The number of halogens is 2. The molecule has 186 valence electrons. The van der Waals surface area contributed by atoms with Crippen LogP contribution in [0.15, 0.2) is 55.1 Å². The molecule has 35 heavy (non-hydrogen) atoms. The highest BCUT2D eigenvalue weighted by Crippen LogP contribution is 2.19. The highest BCUT2D eigenvalue weighted by molar-refractivity contribution is 5.93. The number of pyridine rings is 1. The van der Waals surface area contributed by atoms with Crippen LogP contribution >= 0.6 is 0 Å². The molecule has 1 aliphatic rings. The molecule has 0 fully saturated rings. The Labute approximate surface area is 199 Å². The second kappa shape index (κ2) is 14.2. The smallest absolute Gasteiger partial charge is 0.290 e. The molecule has 0 saturated heterocycles. The Balaban J connectivity index is 0.000000655. The van der Waals surface area contributed by atoms with E-state index in [4.69, 9.17) is 19.8 Å². The minimum Gasteiger partial charge on any atom is -0.483 e. The largest absolute Gasteiger partial charge is 0.483 e. The Morgan fingerprint density at radius 3 is 2.51 bits per heavy atom. The summed E-state index contributed by atoms with van der Waals surface area (Å²) in [5, 5.41) is 16.7. The summed E-state index contributed by atoms with van der Waals surface area (Å²) in [7, 11) is 0. The fourth-order valence-electron chi connectivity index (χ4n) is 3.61. The molecule has 4 rings (SSSR count). The van der Waals surface area contributed by atoms with E-state index < -0.39 is 11.6 Å². The Kier molecular flexibility index (Phi) is 10.9. The number of imidazole rings is 1. The lowest BCUT2D eigenvalue weighted by molar-refractivity contribution is -0.123. The van der Waals surface area contributed by atoms with Crippen LogP contribution in [0.3, 0.4) is 0 Å². The quantitative estimate of drug-likeness (QED) is 0.463. The number of carboxylic acid groups (broad SMARTS) is 2. The van der Waals surface area contributed by atoms with Gasteiger partial charge in [0.05, 0.1) is 12.1 Å². The van der Waals surface area contributed by atoms with E-state index in [0.717, 1.165) is 18.4 Å². The number of benzene rings is 1. The first-order chi connectivity index (χ1) is 16.9. The van der Waals surface area contributed by atoms with Crippen molar-refractivity contribution in [1.29, 1.82) is 0 Å². The van der Waals surface area contributed by atoms with Crippen molar-refractivity contribution in [2.75, 3.05) is 13.1 Å². The van der Waals surface area contributed by atoms with Gasteiger partial charge in [0.25, 0.3) is 18.9 Å². The fraction of sp³-hybridized carbons (Fsp3) is 0.261. The van der Waals surface area contributed by atoms with E-state index in [1.807, 2.05) is 6.20 Å². The van der Waals surface area contributed by atoms with Gasteiger partial charge in [0.2, 0.25) is 0 Å². The first kappa shape index (κ1) is 27.1. The van der Waals surface area contributed by atoms with Crippen molar-refractivity contribution in [3.63, 3.8) is 0 Å². The zero-order valence-electron chi connectivity index (χ0n) is 18.6. The molecular formula is C23H25F2N5O5. The maximum Gasteiger partial charge on any atom is 0.290 e. The van der Waals surface area contributed by atoms with E-state index in [2.05, 4.69) is 24.8 Å². The summed E-state index contributed by atoms with van der Waals surface area (Å²) < 4.78 is 28.9. The number of carbonyl (C=O) groups excluding carboxylic acids is 1. The molecule has 10 nitrogen and oxygen atoms in total. The summed E-state index contributed by atoms with van der Waals surface area (Å²) in [6.45, 7) is 2.46. The van der Waals surface area contributed by atoms with Gasteiger partial charge in [0.15, 0.2) is 11.6 Å². The number of nitrogens with one attached hydrogen (secondary N) is 1. The minimum atomic E-state index is -0.851. The standard InChI is InChI=1S/C21H21F2N5O.2CH2O2/c22-18-4-3-15(8-19(18)23)11-27-12-16(13-28-7-6-25-20(28)14-27)9-26-21(29)17-2-1-5-24-10-17;2*2-1-3/h1-8,10,16H,9,11-14H2,(H,26,29);2*1H,(H,2,3). The second-order valence-electron chi connectivity index (χ2n) is 7.44. The first-order valence-electron chi connectivity index (χ1n) is 10.4. The Morgan fingerprint density at radius 2 is 1.86 bits per heavy atom. The molecule has 1 atom stereocenters. The molecule has 2 aromatic heterocycles. The normalized spacial score (nSPS) is 14.6. The van der Waals surface area contributed by atoms with Crippen LogP contribution in [0.1, 0.15) is 21.7 Å². The number of carbonyl (C=O) groups is 3. The topological polar surface area (TPSA) is 138 Å². The molecule has 3 heterocycles. The third kappa shape index (κ3) is 8.59. The average Bonchev–Trinajstić information content (AvgIpc) is 3.20. The van der Waals surface area contributed by atoms with Crippen LogP contribution in [0.2, 0.25) is 0 Å². The van der Waals surface area contributed by atoms with Crippen molar-refractivity contribution in [2.24, 2.45) is 5.92 Å². The number of rotatable bonds is 5. The molecule has 1 unspecified atom stereocenters. The molecular weight excluding hydrogens is 464 g/mol. The molecule has 12 heteroatoms. The highest BCUT2D eigenvalue weighted by Gasteiger charge is 2.23. The molecule has 0 saturated carbocycles. The van der Waals surface area contributed by atoms with Gasteiger partial charge in [-0.3, -0.25) is 24.3 Å². The SMILES string of the molecule is O=C(NCC1CN(Cc2ccc(F)c(F)c2)Cc2nccn2C1)c1cccnc1.O=CO.O=CO. The Morgan fingerprint density at radius 1 is 1.11 bits per heavy atom. The molecule has 0 spiro atoms. The van der Waals surface area contributed by atoms with Crippen molar-refractivity contribution >= 4 is 18.9 Å². The van der Waals surface area contributed by atoms with Gasteiger partial charge in [0.1, 0.15) is 5.82 Å². The van der Waals surface area contributed by atoms with Crippen LogP contribution in [0, 0.1) is 17.6 Å². The monoisotopic (exact) mass is 489 g/mol. The Bertz CT molecular complexity index is 1090. The molecule has 0 aliphatic carbocycles. The number of aromatic nitrogens is 3. The van der Waals surface area contributed by atoms with Gasteiger partial charge in [0, 0.05) is 56.9 Å². The molecule has 0 radical (unpaired) electrons. The van der Waals surface area contributed by atoms with Crippen LogP contribution in [-0.4, -0.2) is 61.6 Å². The van der Waals surface area contributed by atoms with Crippen molar-refractivity contribution in [1.82, 2.24) is 24.8 Å². The molecule has 1 aliphatic heterocycles. The van der Waals surface area contributed by atoms with Crippen LogP contribution in [-0.2, 0) is 29.2 Å². The number of hydrogen-bond donors (Lipinski definition) is 3. The molecule has 3 N–H and O–H groups in total. The van der Waals surface area contributed by atoms with E-state index in [1.165, 1.54) is 12.3 Å². The lowest BCUT2D eigenvalue weighted by Crippen LogP contribution is -2.36. The zero-order valence-corrected chi connectivity index (χ0v) is 18.6. The second-order valence-corrected chi connectivity index (χ2v) is 7.44. The van der Waals surface area contributed by atoms with Gasteiger partial charge < -0.3 is 20.1 Å². The zero-order chi connectivity index (χ0) is 25.6. The van der Waals surface area contributed by atoms with E-state index in [9.17, 15) is 13.6 Å². The van der Waals surface area contributed by atoms with Crippen molar-refractivity contribution in [3.05, 3.63) is 83.7 Å². The van der Waals surface area contributed by atoms with E-state index >= 15 is 0 Å². The number of nitrogens with zero attached hydrogens (tertiary/aromatic N) is 4. The summed E-state index contributed by atoms with van der Waals surface area (Å²) in [6.07, 6.45) is 6.83. The van der Waals surface area contributed by atoms with Crippen LogP contribution < -0.4 is 5.32 Å². The number of amides is 1. The predicted molar refractivity (Wildman–Crippen MR) is 120 cm³/mol. The molecule has 3 aromatic rings. The van der Waals surface area contributed by atoms with Gasteiger partial charge in [-0.25, -0.2) is 13.8 Å². The van der Waals surface area contributed by atoms with E-state index in [0.29, 0.717) is 37.3 Å². The van der Waals surface area contributed by atoms with Crippen LogP contribution in [0.5, 0.6) is 0 Å². The summed E-state index contributed by atoms with van der Waals surface area (Å²) in [5.74, 6) is -0.819. The Hall–Kier alpha value is -4.19. The van der Waals surface area contributed by atoms with Crippen molar-refractivity contribution < 1.29 is 33.4 Å². The lowest BCUT2D eigenvalue weighted by Gasteiger charge is -2.24. The summed E-state index contributed by atoms with van der Waals surface area (Å²) in [6, 6.07) is 7.41. The summed E-state index contributed by atoms with van der Waals surface area (Å²) in [5.41, 5.74) is 1.21. The molecule has 1 aromatic carbocycles. The number of hydrogen-bond acceptors (Lipinski definition) is 6. The lowest BCUT2D eigenvalue weighted by atomic mass is 10.1. The van der Waals surface area contributed by atoms with E-state index in [1.54, 1.807) is 30.6 Å².